The van der Waals surface area contributed by atoms with Gasteiger partial charge in [-0.3, -0.25) is 14.5 Å². The molecule has 0 aromatic rings. The summed E-state index contributed by atoms with van der Waals surface area (Å²) in [6, 6.07) is 0.503. The highest BCUT2D eigenvalue weighted by Crippen LogP contribution is 2.18. The standard InChI is InChI=1S/C12H22N2O3/c1-4-17-12(16)8-14(9(2)3)7-11(15)13-10-5-6-10/h9-10H,4-8H2,1-3H3,(H,13,15). The molecule has 0 spiro atoms. The SMILES string of the molecule is CCOC(=O)CN(CC(=O)NC1CC1)C(C)C. The van der Waals surface area contributed by atoms with Crippen LogP contribution in [-0.2, 0) is 14.3 Å². The third kappa shape index (κ3) is 5.68. The van der Waals surface area contributed by atoms with E-state index in [1.54, 1.807) is 6.92 Å². The van der Waals surface area contributed by atoms with Crippen molar-refractivity contribution >= 4 is 11.9 Å². The number of hydrogen-bond acceptors (Lipinski definition) is 4. The van der Waals surface area contributed by atoms with Crippen LogP contribution in [0.4, 0.5) is 0 Å². The Morgan fingerprint density at radius 2 is 2.00 bits per heavy atom. The van der Waals surface area contributed by atoms with Gasteiger partial charge in [-0.1, -0.05) is 0 Å². The van der Waals surface area contributed by atoms with Crippen LogP contribution in [0.1, 0.15) is 33.6 Å². The fourth-order valence-corrected chi connectivity index (χ4v) is 1.48. The van der Waals surface area contributed by atoms with Crippen molar-refractivity contribution in [1.82, 2.24) is 10.2 Å². The van der Waals surface area contributed by atoms with Crippen LogP contribution in [0.15, 0.2) is 0 Å². The topological polar surface area (TPSA) is 58.6 Å². The van der Waals surface area contributed by atoms with Crippen LogP contribution >= 0.6 is 0 Å². The number of nitrogens with one attached hydrogen (secondary N) is 1. The highest BCUT2D eigenvalue weighted by Gasteiger charge is 2.25. The van der Waals surface area contributed by atoms with E-state index in [1.807, 2.05) is 18.7 Å². The van der Waals surface area contributed by atoms with E-state index in [0.29, 0.717) is 12.6 Å². The fourth-order valence-electron chi connectivity index (χ4n) is 1.48. The Kier molecular flexibility index (Phi) is 5.41. The molecule has 1 aliphatic carbocycles. The second-order valence-electron chi connectivity index (χ2n) is 4.65. The molecule has 0 aromatic heterocycles. The maximum Gasteiger partial charge on any atom is 0.320 e. The van der Waals surface area contributed by atoms with Crippen LogP contribution in [0.3, 0.4) is 0 Å². The van der Waals surface area contributed by atoms with Gasteiger partial charge in [-0.2, -0.15) is 0 Å². The molecule has 1 rings (SSSR count). The minimum Gasteiger partial charge on any atom is -0.465 e. The summed E-state index contributed by atoms with van der Waals surface area (Å²) in [4.78, 5) is 24.8. The number of hydrogen-bond donors (Lipinski definition) is 1. The van der Waals surface area contributed by atoms with Crippen LogP contribution < -0.4 is 5.32 Å². The second kappa shape index (κ2) is 6.59. The predicted molar refractivity (Wildman–Crippen MR) is 64.5 cm³/mol. The molecule has 0 heterocycles. The zero-order chi connectivity index (χ0) is 12.8. The number of nitrogens with zero attached hydrogens (tertiary/aromatic N) is 1. The van der Waals surface area contributed by atoms with Crippen LogP contribution in [0.2, 0.25) is 0 Å². The Hall–Kier alpha value is -1.10. The first-order valence-electron chi connectivity index (χ1n) is 6.22. The summed E-state index contributed by atoms with van der Waals surface area (Å²) in [7, 11) is 0. The Labute approximate surface area is 102 Å². The van der Waals surface area contributed by atoms with E-state index in [1.165, 1.54) is 0 Å². The van der Waals surface area contributed by atoms with E-state index in [0.717, 1.165) is 12.8 Å². The lowest BCUT2D eigenvalue weighted by Crippen LogP contribution is -2.44. The van der Waals surface area contributed by atoms with Crippen LogP contribution in [0.5, 0.6) is 0 Å². The minimum atomic E-state index is -0.277. The van der Waals surface area contributed by atoms with Crippen molar-refractivity contribution in [2.45, 2.75) is 45.7 Å². The van der Waals surface area contributed by atoms with E-state index in [2.05, 4.69) is 5.32 Å². The van der Waals surface area contributed by atoms with E-state index >= 15 is 0 Å². The summed E-state index contributed by atoms with van der Waals surface area (Å²) in [6.07, 6.45) is 2.15. The largest absolute Gasteiger partial charge is 0.465 e. The molecule has 5 heteroatoms. The first-order chi connectivity index (χ1) is 8.02. The van der Waals surface area contributed by atoms with Gasteiger partial charge in [0.25, 0.3) is 0 Å². The van der Waals surface area contributed by atoms with Crippen LogP contribution in [0.25, 0.3) is 0 Å². The average molecular weight is 242 g/mol. The third-order valence-electron chi connectivity index (χ3n) is 2.66. The molecule has 0 unspecified atom stereocenters. The molecule has 0 aliphatic heterocycles. The molecule has 0 aromatic carbocycles. The third-order valence-corrected chi connectivity index (χ3v) is 2.66. The molecule has 0 saturated heterocycles. The highest BCUT2D eigenvalue weighted by molar-refractivity contribution is 5.79. The number of rotatable bonds is 7. The molecule has 98 valence electrons. The van der Waals surface area contributed by atoms with Crippen molar-refractivity contribution < 1.29 is 14.3 Å². The average Bonchev–Trinajstić information content (AvgIpc) is 3.00. The van der Waals surface area contributed by atoms with Crippen molar-refractivity contribution in [2.75, 3.05) is 19.7 Å². The number of ether oxygens (including phenoxy) is 1. The van der Waals surface area contributed by atoms with Gasteiger partial charge in [0.1, 0.15) is 0 Å². The highest BCUT2D eigenvalue weighted by atomic mass is 16.5. The molecular formula is C12H22N2O3. The quantitative estimate of drug-likeness (QED) is 0.662. The monoisotopic (exact) mass is 242 g/mol. The Balaban J connectivity index is 2.35. The van der Waals surface area contributed by atoms with Gasteiger partial charge in [-0.25, -0.2) is 0 Å². The molecule has 5 nitrogen and oxygen atoms in total. The summed E-state index contributed by atoms with van der Waals surface area (Å²) in [5.41, 5.74) is 0. The summed E-state index contributed by atoms with van der Waals surface area (Å²) >= 11 is 0. The molecular weight excluding hydrogens is 220 g/mol. The predicted octanol–water partition coefficient (Wildman–Crippen LogP) is 0.539. The van der Waals surface area contributed by atoms with E-state index in [9.17, 15) is 9.59 Å². The summed E-state index contributed by atoms with van der Waals surface area (Å²) < 4.78 is 4.89. The molecule has 1 N–H and O–H groups in total. The zero-order valence-corrected chi connectivity index (χ0v) is 10.9. The Morgan fingerprint density at radius 1 is 1.35 bits per heavy atom. The molecule has 0 bridgehead atoms. The van der Waals surface area contributed by atoms with Crippen LogP contribution in [0, 0.1) is 0 Å². The first-order valence-corrected chi connectivity index (χ1v) is 6.22. The van der Waals surface area contributed by atoms with E-state index in [4.69, 9.17) is 4.74 Å². The van der Waals surface area contributed by atoms with Crippen molar-refractivity contribution in [2.24, 2.45) is 0 Å². The van der Waals surface area contributed by atoms with Gasteiger partial charge in [0, 0.05) is 12.1 Å². The smallest absolute Gasteiger partial charge is 0.320 e. The van der Waals surface area contributed by atoms with Crippen molar-refractivity contribution in [3.63, 3.8) is 0 Å². The van der Waals surface area contributed by atoms with Gasteiger partial charge in [0.2, 0.25) is 5.91 Å². The van der Waals surface area contributed by atoms with Gasteiger partial charge in [0.15, 0.2) is 0 Å². The van der Waals surface area contributed by atoms with Crippen LogP contribution in [-0.4, -0.2) is 48.6 Å². The molecule has 1 fully saturated rings. The summed E-state index contributed by atoms with van der Waals surface area (Å²) in [5.74, 6) is -0.286. The maximum absolute atomic E-state index is 11.6. The lowest BCUT2D eigenvalue weighted by atomic mass is 10.3. The second-order valence-corrected chi connectivity index (χ2v) is 4.65. The van der Waals surface area contributed by atoms with Crippen molar-refractivity contribution in [3.05, 3.63) is 0 Å². The zero-order valence-electron chi connectivity index (χ0n) is 10.9. The normalized spacial score (nSPS) is 15.1. The minimum absolute atomic E-state index is 0.00880. The van der Waals surface area contributed by atoms with Gasteiger partial charge >= 0.3 is 5.97 Å². The van der Waals surface area contributed by atoms with Gasteiger partial charge in [0.05, 0.1) is 19.7 Å². The van der Waals surface area contributed by atoms with Crippen molar-refractivity contribution in [1.29, 1.82) is 0 Å². The number of amides is 1. The summed E-state index contributed by atoms with van der Waals surface area (Å²) in [5, 5.41) is 2.91. The lowest BCUT2D eigenvalue weighted by molar-refractivity contribution is -0.145. The lowest BCUT2D eigenvalue weighted by Gasteiger charge is -2.24. The van der Waals surface area contributed by atoms with Gasteiger partial charge in [-0.05, 0) is 33.6 Å². The summed E-state index contributed by atoms with van der Waals surface area (Å²) in [6.45, 7) is 6.50. The fraction of sp³-hybridized carbons (Fsp3) is 0.833. The molecule has 1 aliphatic rings. The Bertz CT molecular complexity index is 275. The maximum atomic E-state index is 11.6. The molecule has 17 heavy (non-hydrogen) atoms. The van der Waals surface area contributed by atoms with Gasteiger partial charge < -0.3 is 10.1 Å². The number of carbonyl (C=O) groups is 2. The van der Waals surface area contributed by atoms with E-state index < -0.39 is 0 Å². The van der Waals surface area contributed by atoms with Gasteiger partial charge in [-0.15, -0.1) is 0 Å². The van der Waals surface area contributed by atoms with Crippen molar-refractivity contribution in [3.8, 4) is 0 Å². The van der Waals surface area contributed by atoms with E-state index in [-0.39, 0.29) is 31.0 Å². The molecule has 1 amide bonds. The molecule has 0 radical (unpaired) electrons. The molecule has 0 atom stereocenters. The number of esters is 1. The Morgan fingerprint density at radius 3 is 2.47 bits per heavy atom. The first kappa shape index (κ1) is 14.0. The molecule has 1 saturated carbocycles. The number of carbonyl (C=O) groups excluding carboxylic acids is 2.